The molecule has 0 fully saturated rings. The zero-order valence-electron chi connectivity index (χ0n) is 12.3. The van der Waals surface area contributed by atoms with Crippen LogP contribution in [0.3, 0.4) is 0 Å². The molecule has 1 amide bonds. The van der Waals surface area contributed by atoms with Crippen molar-refractivity contribution in [2.24, 2.45) is 11.7 Å². The Morgan fingerprint density at radius 1 is 1.25 bits per heavy atom. The van der Waals surface area contributed by atoms with Crippen LogP contribution in [0.15, 0.2) is 18.2 Å². The van der Waals surface area contributed by atoms with Gasteiger partial charge >= 0.3 is 0 Å². The molecule has 20 heavy (non-hydrogen) atoms. The lowest BCUT2D eigenvalue weighted by Gasteiger charge is -2.15. The maximum absolute atomic E-state index is 11.9. The second kappa shape index (κ2) is 8.66. The Morgan fingerprint density at radius 2 is 1.85 bits per heavy atom. The summed E-state index contributed by atoms with van der Waals surface area (Å²) in [6.07, 6.45) is 0.652. The summed E-state index contributed by atoms with van der Waals surface area (Å²) in [6, 6.07) is 4.69. The molecule has 0 saturated carbocycles. The fourth-order valence-electron chi connectivity index (χ4n) is 1.76. The van der Waals surface area contributed by atoms with E-state index in [0.717, 1.165) is 0 Å². The van der Waals surface area contributed by atoms with Gasteiger partial charge in [0.25, 0.3) is 0 Å². The van der Waals surface area contributed by atoms with Crippen LogP contribution in [0, 0.1) is 5.92 Å². The standard InChI is InChI=1S/C14H22N2O3.ClH/c1-9(2)7-11(15)14(17)16-10-5-6-12(18-3)13(8-10)19-4;/h5-6,8-9,11H,7,15H2,1-4H3,(H,16,17);1H/t11-;/m0./s1. The molecule has 5 nitrogen and oxygen atoms in total. The molecule has 114 valence electrons. The number of carbonyl (C=O) groups is 1. The Kier molecular flexibility index (Phi) is 8.03. The first-order chi connectivity index (χ1) is 8.97. The van der Waals surface area contributed by atoms with Crippen molar-refractivity contribution in [3.8, 4) is 11.5 Å². The molecule has 0 heterocycles. The second-order valence-corrected chi connectivity index (χ2v) is 4.80. The van der Waals surface area contributed by atoms with Gasteiger partial charge in [-0.05, 0) is 24.5 Å². The molecule has 0 aliphatic heterocycles. The number of benzene rings is 1. The van der Waals surface area contributed by atoms with E-state index in [-0.39, 0.29) is 18.3 Å². The normalized spacial score (nSPS) is 11.5. The van der Waals surface area contributed by atoms with Gasteiger partial charge in [-0.25, -0.2) is 0 Å². The van der Waals surface area contributed by atoms with Crippen molar-refractivity contribution in [1.29, 1.82) is 0 Å². The lowest BCUT2D eigenvalue weighted by molar-refractivity contribution is -0.117. The molecule has 0 bridgehead atoms. The lowest BCUT2D eigenvalue weighted by Crippen LogP contribution is -2.36. The van der Waals surface area contributed by atoms with E-state index in [1.54, 1.807) is 32.4 Å². The van der Waals surface area contributed by atoms with Crippen molar-refractivity contribution >= 4 is 24.0 Å². The van der Waals surface area contributed by atoms with Crippen molar-refractivity contribution in [3.05, 3.63) is 18.2 Å². The average molecular weight is 303 g/mol. The number of anilines is 1. The Hall–Kier alpha value is -1.46. The molecule has 1 rings (SSSR count). The molecule has 3 N–H and O–H groups in total. The molecule has 1 aromatic carbocycles. The quantitative estimate of drug-likeness (QED) is 0.846. The Morgan fingerprint density at radius 3 is 2.35 bits per heavy atom. The lowest BCUT2D eigenvalue weighted by atomic mass is 10.0. The molecule has 0 spiro atoms. The van der Waals surface area contributed by atoms with Gasteiger partial charge in [-0.1, -0.05) is 13.8 Å². The summed E-state index contributed by atoms with van der Waals surface area (Å²) in [5.74, 6) is 1.37. The molecule has 1 aromatic rings. The Balaban J connectivity index is 0.00000361. The van der Waals surface area contributed by atoms with Gasteiger partial charge in [-0.3, -0.25) is 4.79 Å². The Bertz CT molecular complexity index is 438. The average Bonchev–Trinajstić information content (AvgIpc) is 2.37. The number of methoxy groups -OCH3 is 2. The van der Waals surface area contributed by atoms with Gasteiger partial charge in [-0.15, -0.1) is 12.4 Å². The van der Waals surface area contributed by atoms with Crippen LogP contribution in [0.5, 0.6) is 11.5 Å². The molecular weight excluding hydrogens is 280 g/mol. The number of rotatable bonds is 6. The zero-order chi connectivity index (χ0) is 14.4. The Labute approximate surface area is 126 Å². The molecule has 6 heteroatoms. The van der Waals surface area contributed by atoms with E-state index in [9.17, 15) is 4.79 Å². The van der Waals surface area contributed by atoms with Crippen molar-refractivity contribution in [2.75, 3.05) is 19.5 Å². The number of ether oxygens (including phenoxy) is 2. The monoisotopic (exact) mass is 302 g/mol. The zero-order valence-corrected chi connectivity index (χ0v) is 13.1. The molecule has 0 aromatic heterocycles. The first-order valence-corrected chi connectivity index (χ1v) is 6.26. The van der Waals surface area contributed by atoms with Crippen LogP contribution in [0.1, 0.15) is 20.3 Å². The van der Waals surface area contributed by atoms with E-state index >= 15 is 0 Å². The van der Waals surface area contributed by atoms with Crippen molar-refractivity contribution in [3.63, 3.8) is 0 Å². The first-order valence-electron chi connectivity index (χ1n) is 6.26. The van der Waals surface area contributed by atoms with Gasteiger partial charge in [0.05, 0.1) is 20.3 Å². The van der Waals surface area contributed by atoms with Crippen LogP contribution in [-0.4, -0.2) is 26.2 Å². The van der Waals surface area contributed by atoms with E-state index in [2.05, 4.69) is 5.32 Å². The fourth-order valence-corrected chi connectivity index (χ4v) is 1.76. The van der Waals surface area contributed by atoms with Crippen LogP contribution in [0.4, 0.5) is 5.69 Å². The van der Waals surface area contributed by atoms with Crippen LogP contribution >= 0.6 is 12.4 Å². The van der Waals surface area contributed by atoms with Gasteiger partial charge < -0.3 is 20.5 Å². The van der Waals surface area contributed by atoms with Gasteiger partial charge in [0.2, 0.25) is 5.91 Å². The van der Waals surface area contributed by atoms with Crippen molar-refractivity contribution < 1.29 is 14.3 Å². The van der Waals surface area contributed by atoms with Gasteiger partial charge in [0.1, 0.15) is 0 Å². The minimum Gasteiger partial charge on any atom is -0.493 e. The highest BCUT2D eigenvalue weighted by Crippen LogP contribution is 2.29. The summed E-state index contributed by atoms with van der Waals surface area (Å²) >= 11 is 0. The summed E-state index contributed by atoms with van der Waals surface area (Å²) in [4.78, 5) is 11.9. The number of halogens is 1. The minimum atomic E-state index is -0.506. The topological polar surface area (TPSA) is 73.6 Å². The van der Waals surface area contributed by atoms with Gasteiger partial charge in [0, 0.05) is 11.8 Å². The van der Waals surface area contributed by atoms with Gasteiger partial charge in [-0.2, -0.15) is 0 Å². The number of hydrogen-bond acceptors (Lipinski definition) is 4. The third-order valence-corrected chi connectivity index (χ3v) is 2.71. The van der Waals surface area contributed by atoms with Crippen LogP contribution in [0.2, 0.25) is 0 Å². The molecule has 1 atom stereocenters. The summed E-state index contributed by atoms with van der Waals surface area (Å²) in [7, 11) is 3.11. The molecule has 0 aliphatic rings. The van der Waals surface area contributed by atoms with Gasteiger partial charge in [0.15, 0.2) is 11.5 Å². The maximum atomic E-state index is 11.9. The fraction of sp³-hybridized carbons (Fsp3) is 0.500. The number of nitrogens with one attached hydrogen (secondary N) is 1. The van der Waals surface area contributed by atoms with E-state index in [4.69, 9.17) is 15.2 Å². The molecular formula is C14H23ClN2O3. The SMILES string of the molecule is COc1ccc(NC(=O)[C@@H](N)CC(C)C)cc1OC.Cl. The van der Waals surface area contributed by atoms with Crippen molar-refractivity contribution in [2.45, 2.75) is 26.3 Å². The summed E-state index contributed by atoms with van der Waals surface area (Å²) < 4.78 is 10.3. The van der Waals surface area contributed by atoms with Crippen LogP contribution < -0.4 is 20.5 Å². The largest absolute Gasteiger partial charge is 0.493 e. The summed E-state index contributed by atoms with van der Waals surface area (Å²) in [5, 5.41) is 2.77. The highest BCUT2D eigenvalue weighted by molar-refractivity contribution is 5.94. The third-order valence-electron chi connectivity index (χ3n) is 2.71. The third kappa shape index (κ3) is 5.27. The second-order valence-electron chi connectivity index (χ2n) is 4.80. The molecule has 0 radical (unpaired) electrons. The molecule has 0 unspecified atom stereocenters. The number of carbonyl (C=O) groups excluding carboxylic acids is 1. The first kappa shape index (κ1) is 18.5. The smallest absolute Gasteiger partial charge is 0.241 e. The van der Waals surface area contributed by atoms with Crippen LogP contribution in [-0.2, 0) is 4.79 Å². The maximum Gasteiger partial charge on any atom is 0.241 e. The summed E-state index contributed by atoms with van der Waals surface area (Å²) in [6.45, 7) is 4.06. The minimum absolute atomic E-state index is 0. The van der Waals surface area contributed by atoms with E-state index < -0.39 is 6.04 Å². The van der Waals surface area contributed by atoms with E-state index in [1.165, 1.54) is 0 Å². The number of nitrogens with two attached hydrogens (primary N) is 1. The predicted octanol–water partition coefficient (Wildman–Crippen LogP) is 2.44. The summed E-state index contributed by atoms with van der Waals surface area (Å²) in [5.41, 5.74) is 6.47. The molecule has 0 aliphatic carbocycles. The number of amides is 1. The highest BCUT2D eigenvalue weighted by Gasteiger charge is 2.15. The predicted molar refractivity (Wildman–Crippen MR) is 82.9 cm³/mol. The van der Waals surface area contributed by atoms with Crippen LogP contribution in [0.25, 0.3) is 0 Å². The molecule has 0 saturated heterocycles. The van der Waals surface area contributed by atoms with E-state index in [1.807, 2.05) is 13.8 Å². The highest BCUT2D eigenvalue weighted by atomic mass is 35.5. The van der Waals surface area contributed by atoms with Crippen molar-refractivity contribution in [1.82, 2.24) is 0 Å². The number of hydrogen-bond donors (Lipinski definition) is 2. The van der Waals surface area contributed by atoms with E-state index in [0.29, 0.717) is 29.5 Å².